The highest BCUT2D eigenvalue weighted by atomic mass is 16.4. The number of rotatable bonds is 3. The van der Waals surface area contributed by atoms with E-state index in [1.54, 1.807) is 5.16 Å². The summed E-state index contributed by atoms with van der Waals surface area (Å²) in [6, 6.07) is 8.61. The first kappa shape index (κ1) is 11.8. The zero-order chi connectivity index (χ0) is 11.3. The quantitative estimate of drug-likeness (QED) is 0.454. The van der Waals surface area contributed by atoms with E-state index in [1.807, 2.05) is 0 Å². The minimum Gasteiger partial charge on any atom is -0.626 e. The molecule has 0 unspecified atom stereocenters. The Balaban J connectivity index is 2.64. The molecule has 2 heteroatoms. The predicted molar refractivity (Wildman–Crippen MR) is 63.9 cm³/mol. The molecule has 1 N–H and O–H groups in total. The molecule has 0 aliphatic heterocycles. The number of hydrogen-bond acceptors (Lipinski definition) is 1. The van der Waals surface area contributed by atoms with Gasteiger partial charge in [-0.15, -0.1) is 0 Å². The first-order valence-electron chi connectivity index (χ1n) is 5.33. The molecule has 0 aliphatic carbocycles. The van der Waals surface area contributed by atoms with E-state index in [0.29, 0.717) is 0 Å². The maximum atomic E-state index is 10.0. The molecule has 0 spiro atoms. The molecule has 1 aromatic carbocycles. The van der Waals surface area contributed by atoms with E-state index in [2.05, 4.69) is 45.0 Å². The van der Waals surface area contributed by atoms with Crippen LogP contribution in [0.3, 0.4) is 0 Å². The molecule has 0 bridgehead atoms. The molecule has 0 amide bonds. The van der Waals surface area contributed by atoms with Crippen LogP contribution < -0.4 is 5.16 Å². The van der Waals surface area contributed by atoms with Crippen molar-refractivity contribution in [1.29, 1.82) is 0 Å². The number of nitrogens with one attached hydrogen (secondary N) is 1. The van der Waals surface area contributed by atoms with Crippen molar-refractivity contribution < 1.29 is 5.16 Å². The number of hydrogen-bond donors (Lipinski definition) is 1. The van der Waals surface area contributed by atoms with E-state index in [4.69, 9.17) is 0 Å². The topological polar surface area (TPSA) is 37.0 Å². The van der Waals surface area contributed by atoms with Gasteiger partial charge in [0.15, 0.2) is 0 Å². The van der Waals surface area contributed by atoms with Gasteiger partial charge in [-0.3, -0.25) is 0 Å². The second kappa shape index (κ2) is 4.96. The summed E-state index contributed by atoms with van der Waals surface area (Å²) in [5.74, 6) is 0. The Hall–Kier alpha value is -1.31. The van der Waals surface area contributed by atoms with Crippen molar-refractivity contribution in [2.45, 2.75) is 39.0 Å². The summed E-state index contributed by atoms with van der Waals surface area (Å²) in [5, 5.41) is 11.8. The maximum absolute atomic E-state index is 10.0. The number of benzene rings is 1. The standard InChI is InChI=1S/C13H19NO/c1-13(2,3)12-8-6-11(7-9-12)5-4-10-14-15/h6-10,14H,4-5H2,1-3H3. The van der Waals surface area contributed by atoms with E-state index < -0.39 is 0 Å². The molecule has 82 valence electrons. The Bertz CT molecular complexity index is 319. The monoisotopic (exact) mass is 205 g/mol. The minimum atomic E-state index is 0.210. The highest BCUT2D eigenvalue weighted by Gasteiger charge is 2.12. The summed E-state index contributed by atoms with van der Waals surface area (Å²) in [6.45, 7) is 6.62. The van der Waals surface area contributed by atoms with Crippen LogP contribution in [-0.4, -0.2) is 6.21 Å². The van der Waals surface area contributed by atoms with Crippen LogP contribution in [0.5, 0.6) is 0 Å². The smallest absolute Gasteiger partial charge is 0.149 e. The fourth-order valence-electron chi connectivity index (χ4n) is 1.47. The largest absolute Gasteiger partial charge is 0.626 e. The van der Waals surface area contributed by atoms with E-state index in [9.17, 15) is 5.21 Å². The highest BCUT2D eigenvalue weighted by molar-refractivity contribution is 5.50. The van der Waals surface area contributed by atoms with E-state index >= 15 is 0 Å². The van der Waals surface area contributed by atoms with Crippen molar-refractivity contribution >= 4 is 6.21 Å². The molecule has 0 saturated carbocycles. The molecular formula is C13H19NO. The Morgan fingerprint density at radius 1 is 1.20 bits per heavy atom. The van der Waals surface area contributed by atoms with Gasteiger partial charge in [0.25, 0.3) is 0 Å². The third-order valence-electron chi connectivity index (χ3n) is 2.48. The van der Waals surface area contributed by atoms with Gasteiger partial charge in [-0.05, 0) is 23.0 Å². The molecular weight excluding hydrogens is 186 g/mol. The lowest BCUT2D eigenvalue weighted by atomic mass is 9.86. The van der Waals surface area contributed by atoms with Crippen molar-refractivity contribution in [3.63, 3.8) is 0 Å². The highest BCUT2D eigenvalue weighted by Crippen LogP contribution is 2.22. The molecule has 1 rings (SSSR count). The second-order valence-electron chi connectivity index (χ2n) is 4.81. The van der Waals surface area contributed by atoms with Crippen LogP contribution in [0.15, 0.2) is 24.3 Å². The molecule has 15 heavy (non-hydrogen) atoms. The predicted octanol–water partition coefficient (Wildman–Crippen LogP) is 1.57. The summed E-state index contributed by atoms with van der Waals surface area (Å²) < 4.78 is 0. The maximum Gasteiger partial charge on any atom is 0.149 e. The van der Waals surface area contributed by atoms with Gasteiger partial charge >= 0.3 is 0 Å². The van der Waals surface area contributed by atoms with Gasteiger partial charge in [-0.2, -0.15) is 0 Å². The molecule has 0 aliphatic rings. The van der Waals surface area contributed by atoms with Gasteiger partial charge in [-0.1, -0.05) is 45.0 Å². The minimum absolute atomic E-state index is 0.210. The van der Waals surface area contributed by atoms with Gasteiger partial charge in [0.05, 0.1) is 0 Å². The summed E-state index contributed by atoms with van der Waals surface area (Å²) in [6.07, 6.45) is 3.23. The summed E-state index contributed by atoms with van der Waals surface area (Å²) in [4.78, 5) is 0. The molecule has 0 atom stereocenters. The number of aryl methyl sites for hydroxylation is 1. The van der Waals surface area contributed by atoms with E-state index in [-0.39, 0.29) is 5.41 Å². The fraction of sp³-hybridized carbons (Fsp3) is 0.462. The fourth-order valence-corrected chi connectivity index (χ4v) is 1.47. The van der Waals surface area contributed by atoms with Gasteiger partial charge in [0.2, 0.25) is 0 Å². The van der Waals surface area contributed by atoms with Crippen LogP contribution in [0.2, 0.25) is 0 Å². The van der Waals surface area contributed by atoms with Crippen molar-refractivity contribution in [2.24, 2.45) is 0 Å². The Morgan fingerprint density at radius 3 is 2.27 bits per heavy atom. The van der Waals surface area contributed by atoms with Crippen LogP contribution in [0.25, 0.3) is 0 Å². The molecule has 0 aromatic heterocycles. The lowest BCUT2D eigenvalue weighted by Crippen LogP contribution is -2.60. The molecule has 0 radical (unpaired) electrons. The molecule has 1 aromatic rings. The van der Waals surface area contributed by atoms with Crippen molar-refractivity contribution in [1.82, 2.24) is 0 Å². The third-order valence-corrected chi connectivity index (χ3v) is 2.48. The average Bonchev–Trinajstić information content (AvgIpc) is 2.18. The normalized spacial score (nSPS) is 12.2. The van der Waals surface area contributed by atoms with Gasteiger partial charge < -0.3 is 5.21 Å². The van der Waals surface area contributed by atoms with Crippen LogP contribution in [0.1, 0.15) is 38.3 Å². The van der Waals surface area contributed by atoms with Crippen LogP contribution in [0.4, 0.5) is 0 Å². The molecule has 0 saturated heterocycles. The summed E-state index contributed by atoms with van der Waals surface area (Å²) in [7, 11) is 0. The Kier molecular flexibility index (Phi) is 3.89. The Labute approximate surface area is 91.6 Å². The van der Waals surface area contributed by atoms with E-state index in [1.165, 1.54) is 17.3 Å². The zero-order valence-corrected chi connectivity index (χ0v) is 9.71. The Morgan fingerprint density at radius 2 is 1.80 bits per heavy atom. The van der Waals surface area contributed by atoms with Crippen LogP contribution in [0, 0.1) is 5.21 Å². The lowest BCUT2D eigenvalue weighted by Gasteiger charge is -2.19. The second-order valence-corrected chi connectivity index (χ2v) is 4.81. The lowest BCUT2D eigenvalue weighted by molar-refractivity contribution is -0.368. The summed E-state index contributed by atoms with van der Waals surface area (Å²) >= 11 is 0. The molecule has 0 heterocycles. The van der Waals surface area contributed by atoms with Crippen LogP contribution >= 0.6 is 0 Å². The zero-order valence-electron chi connectivity index (χ0n) is 9.71. The first-order valence-corrected chi connectivity index (χ1v) is 5.33. The van der Waals surface area contributed by atoms with Gasteiger partial charge in [0.1, 0.15) is 6.21 Å². The first-order chi connectivity index (χ1) is 7.04. The summed E-state index contributed by atoms with van der Waals surface area (Å²) in [5.41, 5.74) is 2.83. The SMILES string of the molecule is CC(C)(C)c1ccc(CCC=[NH+][O-])cc1. The average molecular weight is 205 g/mol. The van der Waals surface area contributed by atoms with E-state index in [0.717, 1.165) is 12.8 Å². The third kappa shape index (κ3) is 3.74. The van der Waals surface area contributed by atoms with Crippen LogP contribution in [-0.2, 0) is 11.8 Å². The molecule has 2 nitrogen and oxygen atoms in total. The van der Waals surface area contributed by atoms with Crippen molar-refractivity contribution in [3.05, 3.63) is 40.6 Å². The van der Waals surface area contributed by atoms with Gasteiger partial charge in [-0.25, -0.2) is 5.16 Å². The van der Waals surface area contributed by atoms with Crippen molar-refractivity contribution in [2.75, 3.05) is 0 Å². The van der Waals surface area contributed by atoms with Gasteiger partial charge in [0, 0.05) is 6.42 Å². The van der Waals surface area contributed by atoms with Crippen molar-refractivity contribution in [3.8, 4) is 0 Å². The molecule has 0 fully saturated rings.